The smallest absolute Gasteiger partial charge is 0.145 e. The van der Waals surface area contributed by atoms with Gasteiger partial charge in [-0.15, -0.1) is 0 Å². The van der Waals surface area contributed by atoms with Crippen LogP contribution in [0.1, 0.15) is 59.8 Å². The molecule has 3 aliphatic carbocycles. The van der Waals surface area contributed by atoms with Crippen LogP contribution in [0.15, 0.2) is 60.7 Å². The van der Waals surface area contributed by atoms with Gasteiger partial charge in [-0.25, -0.2) is 4.98 Å². The average Bonchev–Trinajstić information content (AvgIpc) is 3.12. The summed E-state index contributed by atoms with van der Waals surface area (Å²) in [5.74, 6) is 2.53. The summed E-state index contributed by atoms with van der Waals surface area (Å²) < 4.78 is 2.41. The Morgan fingerprint density at radius 3 is 2.03 bits per heavy atom. The van der Waals surface area contributed by atoms with Crippen LogP contribution in [0.3, 0.4) is 0 Å². The molecule has 1 heterocycles. The zero-order valence-corrected chi connectivity index (χ0v) is 17.2. The fourth-order valence-electron chi connectivity index (χ4n) is 5.74. The molecule has 1 aromatic heterocycles. The number of rotatable bonds is 2. The van der Waals surface area contributed by atoms with Gasteiger partial charge in [0, 0.05) is 5.56 Å². The summed E-state index contributed by atoms with van der Waals surface area (Å²) in [6.45, 7) is 4.42. The van der Waals surface area contributed by atoms with Crippen molar-refractivity contribution in [2.24, 2.45) is 0 Å². The Labute approximate surface area is 172 Å². The number of aryl methyl sites for hydroxylation is 2. The van der Waals surface area contributed by atoms with E-state index in [-0.39, 0.29) is 0 Å². The molecule has 3 aromatic carbocycles. The van der Waals surface area contributed by atoms with E-state index in [0.29, 0.717) is 0 Å². The van der Waals surface area contributed by atoms with Crippen LogP contribution in [0, 0.1) is 13.8 Å². The molecular weight excluding hydrogens is 352 g/mol. The molecule has 4 aromatic rings. The maximum atomic E-state index is 5.20. The van der Waals surface area contributed by atoms with E-state index in [1.54, 1.807) is 11.1 Å². The molecule has 2 nitrogen and oxygen atoms in total. The summed E-state index contributed by atoms with van der Waals surface area (Å²) in [6.07, 6.45) is 5.41. The second-order valence-corrected chi connectivity index (χ2v) is 8.90. The lowest BCUT2D eigenvalue weighted by molar-refractivity contribution is 0.359. The van der Waals surface area contributed by atoms with Crippen molar-refractivity contribution in [1.29, 1.82) is 0 Å². The Morgan fingerprint density at radius 1 is 0.759 bits per heavy atom. The molecule has 1 fully saturated rings. The summed E-state index contributed by atoms with van der Waals surface area (Å²) in [4.78, 5) is 5.20. The van der Waals surface area contributed by atoms with Gasteiger partial charge in [-0.3, -0.25) is 4.57 Å². The third-order valence-electron chi connectivity index (χ3n) is 7.16. The molecule has 0 atom stereocenters. The minimum Gasteiger partial charge on any atom is -0.292 e. The van der Waals surface area contributed by atoms with Crippen molar-refractivity contribution in [3.05, 3.63) is 82.9 Å². The molecule has 144 valence electrons. The van der Waals surface area contributed by atoms with Crippen molar-refractivity contribution in [3.63, 3.8) is 0 Å². The van der Waals surface area contributed by atoms with Gasteiger partial charge in [-0.05, 0) is 85.8 Å². The van der Waals surface area contributed by atoms with Gasteiger partial charge in [0.05, 0.1) is 16.7 Å². The van der Waals surface area contributed by atoms with E-state index in [1.165, 1.54) is 53.6 Å². The highest BCUT2D eigenvalue weighted by molar-refractivity contribution is 5.86. The Morgan fingerprint density at radius 2 is 1.38 bits per heavy atom. The predicted molar refractivity (Wildman–Crippen MR) is 120 cm³/mol. The molecule has 0 N–H and O–H groups in total. The van der Waals surface area contributed by atoms with E-state index >= 15 is 0 Å². The maximum Gasteiger partial charge on any atom is 0.145 e. The molecule has 2 bridgehead atoms. The van der Waals surface area contributed by atoms with Gasteiger partial charge >= 0.3 is 0 Å². The summed E-state index contributed by atoms with van der Waals surface area (Å²) >= 11 is 0. The van der Waals surface area contributed by atoms with E-state index in [1.807, 2.05) is 0 Å². The van der Waals surface area contributed by atoms with Crippen LogP contribution in [-0.4, -0.2) is 9.55 Å². The zero-order chi connectivity index (χ0) is 19.5. The molecule has 0 aliphatic heterocycles. The van der Waals surface area contributed by atoms with Gasteiger partial charge in [-0.2, -0.15) is 0 Å². The van der Waals surface area contributed by atoms with E-state index < -0.39 is 0 Å². The zero-order valence-electron chi connectivity index (χ0n) is 17.2. The Kier molecular flexibility index (Phi) is 3.71. The molecule has 7 rings (SSSR count). The van der Waals surface area contributed by atoms with Gasteiger partial charge in [0.15, 0.2) is 0 Å². The topological polar surface area (TPSA) is 17.8 Å². The lowest BCUT2D eigenvalue weighted by Crippen LogP contribution is -2.21. The minimum atomic E-state index is 0.737. The fraction of sp³-hybridized carbons (Fsp3) is 0.296. The van der Waals surface area contributed by atoms with Crippen molar-refractivity contribution in [3.8, 4) is 17.1 Å². The van der Waals surface area contributed by atoms with Crippen LogP contribution in [0.5, 0.6) is 0 Å². The van der Waals surface area contributed by atoms with E-state index in [2.05, 4.69) is 79.1 Å². The van der Waals surface area contributed by atoms with Crippen LogP contribution in [0.2, 0.25) is 0 Å². The first-order valence-corrected chi connectivity index (χ1v) is 10.9. The Hall–Kier alpha value is -2.87. The number of para-hydroxylation sites is 1. The highest BCUT2D eigenvalue weighted by Gasteiger charge is 2.34. The molecule has 2 heteroatoms. The molecule has 0 saturated heterocycles. The summed E-state index contributed by atoms with van der Waals surface area (Å²) in [5, 5.41) is 0. The van der Waals surface area contributed by atoms with Crippen molar-refractivity contribution in [1.82, 2.24) is 9.55 Å². The Bertz CT molecular complexity index is 1200. The third-order valence-corrected chi connectivity index (χ3v) is 7.16. The fourth-order valence-corrected chi connectivity index (χ4v) is 5.74. The first-order chi connectivity index (χ1) is 14.2. The first-order valence-electron chi connectivity index (χ1n) is 10.9. The highest BCUT2D eigenvalue weighted by Crippen LogP contribution is 2.50. The van der Waals surface area contributed by atoms with Crippen LogP contribution in [0.4, 0.5) is 0 Å². The number of hydrogen-bond donors (Lipinski definition) is 0. The van der Waals surface area contributed by atoms with Crippen LogP contribution in [-0.2, 0) is 0 Å². The molecule has 0 unspecified atom stereocenters. The van der Waals surface area contributed by atoms with Crippen LogP contribution < -0.4 is 0 Å². The van der Waals surface area contributed by atoms with E-state index in [9.17, 15) is 0 Å². The third kappa shape index (κ3) is 2.51. The van der Waals surface area contributed by atoms with Gasteiger partial charge in [0.1, 0.15) is 5.82 Å². The van der Waals surface area contributed by atoms with Crippen LogP contribution in [0.25, 0.3) is 28.1 Å². The lowest BCUT2D eigenvalue weighted by Gasteiger charge is -2.38. The average molecular weight is 379 g/mol. The summed E-state index contributed by atoms with van der Waals surface area (Å²) in [5.41, 5.74) is 10.6. The molecule has 1 saturated carbocycles. The largest absolute Gasteiger partial charge is 0.292 e. The SMILES string of the molecule is Cc1cccc(C)c1-n1c(-c2ccccc2)nc2cc3c(cc21)C1CCC3CC1. The monoisotopic (exact) mass is 378 g/mol. The van der Waals surface area contributed by atoms with Crippen molar-refractivity contribution in [2.75, 3.05) is 0 Å². The molecule has 0 amide bonds. The maximum absolute atomic E-state index is 5.20. The molecular formula is C27H26N2. The van der Waals surface area contributed by atoms with Gasteiger partial charge < -0.3 is 0 Å². The lowest BCUT2D eigenvalue weighted by atomic mass is 9.67. The molecule has 0 radical (unpaired) electrons. The predicted octanol–water partition coefficient (Wildman–Crippen LogP) is 7.06. The molecule has 29 heavy (non-hydrogen) atoms. The molecule has 0 spiro atoms. The van der Waals surface area contributed by atoms with Gasteiger partial charge in [-0.1, -0.05) is 48.5 Å². The number of hydrogen-bond acceptors (Lipinski definition) is 1. The quantitative estimate of drug-likeness (QED) is 0.365. The van der Waals surface area contributed by atoms with Gasteiger partial charge in [0.2, 0.25) is 0 Å². The van der Waals surface area contributed by atoms with Crippen LogP contribution >= 0.6 is 0 Å². The number of aromatic nitrogens is 2. The number of benzene rings is 3. The number of fused-ring (bicyclic) bond motifs is 3. The summed E-state index contributed by atoms with van der Waals surface area (Å²) in [6, 6.07) is 22.1. The number of imidazole rings is 1. The second kappa shape index (κ2) is 6.32. The first kappa shape index (κ1) is 17.0. The van der Waals surface area contributed by atoms with Crippen molar-refractivity contribution < 1.29 is 0 Å². The standard InChI is InChI=1S/C27H26N2/c1-17-7-6-8-18(2)26(17)29-25-16-23-20-13-11-19(12-14-20)22(23)15-24(25)28-27(29)21-9-4-3-5-10-21/h3-10,15-16,19-20H,11-14H2,1-2H3. The normalized spacial score (nSPS) is 20.2. The highest BCUT2D eigenvalue weighted by atomic mass is 15.1. The second-order valence-electron chi connectivity index (χ2n) is 8.90. The van der Waals surface area contributed by atoms with Crippen molar-refractivity contribution >= 4 is 11.0 Å². The Balaban J connectivity index is 1.71. The minimum absolute atomic E-state index is 0.737. The van der Waals surface area contributed by atoms with Crippen molar-refractivity contribution in [2.45, 2.75) is 51.4 Å². The summed E-state index contributed by atoms with van der Waals surface area (Å²) in [7, 11) is 0. The van der Waals surface area contributed by atoms with Gasteiger partial charge in [0.25, 0.3) is 0 Å². The van der Waals surface area contributed by atoms with E-state index in [0.717, 1.165) is 23.2 Å². The van der Waals surface area contributed by atoms with E-state index in [4.69, 9.17) is 4.98 Å². The number of nitrogens with zero attached hydrogens (tertiary/aromatic N) is 2. The molecule has 3 aliphatic rings.